The van der Waals surface area contributed by atoms with E-state index in [4.69, 9.17) is 16.5 Å². The van der Waals surface area contributed by atoms with Gasteiger partial charge in [-0.25, -0.2) is 0 Å². The van der Waals surface area contributed by atoms with Crippen molar-refractivity contribution in [1.29, 1.82) is 0 Å². The van der Waals surface area contributed by atoms with E-state index >= 15 is 0 Å². The van der Waals surface area contributed by atoms with E-state index in [9.17, 15) is 0 Å². The summed E-state index contributed by atoms with van der Waals surface area (Å²) in [6.07, 6.45) is 0. The lowest BCUT2D eigenvalue weighted by Gasteiger charge is -2.22. The molecule has 0 radical (unpaired) electrons. The Bertz CT molecular complexity index is 160. The first-order valence-corrected chi connectivity index (χ1v) is 16.6. The molecule has 3 unspecified atom stereocenters. The molecule has 0 saturated heterocycles. The van der Waals surface area contributed by atoms with Gasteiger partial charge in [-0.3, -0.25) is 0 Å². The van der Waals surface area contributed by atoms with E-state index in [2.05, 4.69) is 39.3 Å². The number of hydrogen-bond donors (Lipinski definition) is 0. The second kappa shape index (κ2) is 9.01. The summed E-state index contributed by atoms with van der Waals surface area (Å²) in [6.45, 7) is 12.7. The Morgan fingerprint density at radius 3 is 1.67 bits per heavy atom. The highest BCUT2D eigenvalue weighted by molar-refractivity contribution is 6.68. The molecule has 0 aromatic heterocycles. The molecule has 0 aliphatic carbocycles. The van der Waals surface area contributed by atoms with Crippen molar-refractivity contribution in [3.8, 4) is 0 Å². The molecule has 0 rings (SSSR count). The van der Waals surface area contributed by atoms with Crippen molar-refractivity contribution < 1.29 is 16.5 Å². The average molecular weight is 301 g/mol. The monoisotopic (exact) mass is 300 g/mol. The second-order valence-corrected chi connectivity index (χ2v) is 14.3. The molecule has 0 spiro atoms. The normalized spacial score (nSPS) is 18.6. The molecule has 92 valence electrons. The Balaban J connectivity index is 3.67. The van der Waals surface area contributed by atoms with Crippen molar-refractivity contribution in [2.45, 2.75) is 39.3 Å². The molecule has 0 aromatic rings. The van der Waals surface area contributed by atoms with Gasteiger partial charge in [0.15, 0.2) is 9.04 Å². The topological polar surface area (TPSA) is 36.9 Å². The van der Waals surface area contributed by atoms with Crippen molar-refractivity contribution in [3.63, 3.8) is 0 Å². The number of rotatable bonds is 8. The lowest BCUT2D eigenvalue weighted by molar-refractivity contribution is 0.357. The van der Waals surface area contributed by atoms with E-state index in [1.165, 1.54) is 0 Å². The van der Waals surface area contributed by atoms with E-state index in [0.29, 0.717) is 0 Å². The van der Waals surface area contributed by atoms with Crippen molar-refractivity contribution in [3.05, 3.63) is 0 Å². The standard InChI is InChI=1S/C6H24O4Si5/c1-11-7-13(4)9-15(6)10-14(5)8-12(2)3/h12-15H,11H2,1-6H3. The van der Waals surface area contributed by atoms with Crippen LogP contribution in [-0.4, -0.2) is 46.7 Å². The maximum absolute atomic E-state index is 5.82. The van der Waals surface area contributed by atoms with Crippen LogP contribution in [0.25, 0.3) is 0 Å². The predicted octanol–water partition coefficient (Wildman–Crippen LogP) is -0.281. The average Bonchev–Trinajstić information content (AvgIpc) is 2.00. The minimum Gasteiger partial charge on any atom is -0.444 e. The van der Waals surface area contributed by atoms with Gasteiger partial charge in [-0.05, 0) is 32.7 Å². The third-order valence-corrected chi connectivity index (χ3v) is 14.7. The molecule has 0 N–H and O–H groups in total. The van der Waals surface area contributed by atoms with Crippen LogP contribution in [-0.2, 0) is 16.5 Å². The molecule has 0 fully saturated rings. The van der Waals surface area contributed by atoms with Crippen LogP contribution in [0.4, 0.5) is 0 Å². The maximum Gasteiger partial charge on any atom is 0.300 e. The molecule has 0 heterocycles. The predicted molar refractivity (Wildman–Crippen MR) is 76.7 cm³/mol. The Labute approximate surface area is 102 Å². The van der Waals surface area contributed by atoms with E-state index in [1.807, 2.05) is 0 Å². The maximum atomic E-state index is 5.82. The first kappa shape index (κ1) is 15.9. The molecule has 9 heteroatoms. The zero-order valence-corrected chi connectivity index (χ0v) is 16.7. The highest BCUT2D eigenvalue weighted by Gasteiger charge is 2.17. The molecule has 4 nitrogen and oxygen atoms in total. The van der Waals surface area contributed by atoms with Gasteiger partial charge >= 0.3 is 0 Å². The summed E-state index contributed by atoms with van der Waals surface area (Å²) in [6, 6.07) is 0. The summed E-state index contributed by atoms with van der Waals surface area (Å²) in [5, 5.41) is 0. The summed E-state index contributed by atoms with van der Waals surface area (Å²) in [5.41, 5.74) is 0. The minimum atomic E-state index is -1.49. The van der Waals surface area contributed by atoms with Crippen LogP contribution >= 0.6 is 0 Å². The third kappa shape index (κ3) is 9.83. The molecular formula is C6H24O4Si5. The largest absolute Gasteiger partial charge is 0.444 e. The Kier molecular flexibility index (Phi) is 9.56. The van der Waals surface area contributed by atoms with Crippen LogP contribution in [0.5, 0.6) is 0 Å². The van der Waals surface area contributed by atoms with Gasteiger partial charge in [0.1, 0.15) is 9.76 Å². The van der Waals surface area contributed by atoms with Crippen LogP contribution in [0, 0.1) is 0 Å². The summed E-state index contributed by atoms with van der Waals surface area (Å²) in [5.74, 6) is 0. The molecule has 0 saturated carbocycles. The van der Waals surface area contributed by atoms with Crippen molar-refractivity contribution in [2.24, 2.45) is 0 Å². The van der Waals surface area contributed by atoms with Crippen molar-refractivity contribution in [2.75, 3.05) is 0 Å². The van der Waals surface area contributed by atoms with E-state index in [1.54, 1.807) is 0 Å². The number of hydrogen-bond acceptors (Lipinski definition) is 4. The zero-order chi connectivity index (χ0) is 11.8. The molecule has 15 heavy (non-hydrogen) atoms. The van der Waals surface area contributed by atoms with Gasteiger partial charge in [-0.1, -0.05) is 6.55 Å². The van der Waals surface area contributed by atoms with Crippen LogP contribution in [0.2, 0.25) is 39.3 Å². The minimum absolute atomic E-state index is 0.331. The molecule has 0 amide bonds. The Hall–Kier alpha value is 0.924. The molecule has 0 aliphatic rings. The van der Waals surface area contributed by atoms with Gasteiger partial charge in [0.05, 0.1) is 0 Å². The third-order valence-electron chi connectivity index (χ3n) is 1.63. The Morgan fingerprint density at radius 1 is 0.733 bits per heavy atom. The molecule has 0 bridgehead atoms. The van der Waals surface area contributed by atoms with Crippen LogP contribution < -0.4 is 0 Å². The lowest BCUT2D eigenvalue weighted by Crippen LogP contribution is -2.36. The quantitative estimate of drug-likeness (QED) is 0.578. The SMILES string of the molecule is C[SiH2]O[SiH](C)O[SiH](C)O[SiH](C)O[SiH](C)C. The van der Waals surface area contributed by atoms with Gasteiger partial charge in [0.2, 0.25) is 0 Å². The molecular weight excluding hydrogens is 276 g/mol. The van der Waals surface area contributed by atoms with Crippen LogP contribution in [0.3, 0.4) is 0 Å². The Morgan fingerprint density at radius 2 is 1.20 bits per heavy atom. The summed E-state index contributed by atoms with van der Waals surface area (Å²) < 4.78 is 22.9. The first-order valence-electron chi connectivity index (χ1n) is 5.53. The first-order chi connectivity index (χ1) is 6.95. The van der Waals surface area contributed by atoms with E-state index in [-0.39, 0.29) is 9.76 Å². The molecule has 0 aliphatic heterocycles. The fourth-order valence-corrected chi connectivity index (χ4v) is 13.2. The molecule has 3 atom stereocenters. The zero-order valence-electron chi connectivity index (χ0n) is 10.6. The highest BCUT2D eigenvalue weighted by atomic mass is 28.4. The fourth-order valence-electron chi connectivity index (χ4n) is 1.26. The van der Waals surface area contributed by atoms with Crippen molar-refractivity contribution >= 4 is 46.7 Å². The van der Waals surface area contributed by atoms with E-state index < -0.39 is 36.9 Å². The lowest BCUT2D eigenvalue weighted by atomic mass is 11.9. The summed E-state index contributed by atoms with van der Waals surface area (Å²) in [4.78, 5) is 0. The highest BCUT2D eigenvalue weighted by Crippen LogP contribution is 2.00. The fraction of sp³-hybridized carbons (Fsp3) is 1.00. The van der Waals surface area contributed by atoms with Gasteiger partial charge < -0.3 is 16.5 Å². The smallest absolute Gasteiger partial charge is 0.300 e. The van der Waals surface area contributed by atoms with Gasteiger partial charge in [-0.2, -0.15) is 0 Å². The second-order valence-electron chi connectivity index (χ2n) is 3.62. The summed E-state index contributed by atoms with van der Waals surface area (Å²) >= 11 is 0. The molecule has 0 aromatic carbocycles. The van der Waals surface area contributed by atoms with Gasteiger partial charge in [0.25, 0.3) is 27.9 Å². The van der Waals surface area contributed by atoms with Gasteiger partial charge in [-0.15, -0.1) is 0 Å². The van der Waals surface area contributed by atoms with Crippen LogP contribution in [0.1, 0.15) is 0 Å². The van der Waals surface area contributed by atoms with Gasteiger partial charge in [0, 0.05) is 0 Å². The van der Waals surface area contributed by atoms with E-state index in [0.717, 1.165) is 0 Å². The summed E-state index contributed by atoms with van der Waals surface area (Å²) in [7, 11) is -5.57. The van der Waals surface area contributed by atoms with Crippen LogP contribution in [0.15, 0.2) is 0 Å². The van der Waals surface area contributed by atoms with Crippen molar-refractivity contribution in [1.82, 2.24) is 0 Å².